The first-order valence-electron chi connectivity index (χ1n) is 10.3. The van der Waals surface area contributed by atoms with E-state index in [0.717, 1.165) is 0 Å². The van der Waals surface area contributed by atoms with E-state index in [1.54, 1.807) is 6.92 Å². The number of rotatable bonds is 16. The second-order valence-corrected chi connectivity index (χ2v) is 8.39. The molecule has 13 heteroatoms. The summed E-state index contributed by atoms with van der Waals surface area (Å²) < 4.78 is 0. The van der Waals surface area contributed by atoms with Crippen LogP contribution in [-0.2, 0) is 24.0 Å². The number of carbonyl (C=O) groups is 5. The zero-order valence-corrected chi connectivity index (χ0v) is 19.4. The third-order valence-corrected chi connectivity index (χ3v) is 5.51. The van der Waals surface area contributed by atoms with Crippen molar-refractivity contribution in [1.82, 2.24) is 16.0 Å². The minimum Gasteiger partial charge on any atom is -0.480 e. The number of carboxylic acid groups (broad SMARTS) is 1. The first-order chi connectivity index (χ1) is 15.0. The second-order valence-electron chi connectivity index (χ2n) is 7.41. The standard InChI is InChI=1S/C19H35N5O7S/c1-4-10(2)15(24-16(27)11(20)9-25)18(29)22-12(7-8-32-3)17(28)23-13(19(30)31)5-6-14(21)26/h10-13,15,25H,4-9,20H2,1-3H3,(H2,21,26)(H,22,29)(H,23,28)(H,24,27)(H,30,31). The van der Waals surface area contributed by atoms with E-state index in [1.165, 1.54) is 11.8 Å². The van der Waals surface area contributed by atoms with Crippen molar-refractivity contribution in [3.8, 4) is 0 Å². The molecule has 0 aliphatic carbocycles. The molecule has 0 aliphatic rings. The molecule has 184 valence electrons. The van der Waals surface area contributed by atoms with Crippen molar-refractivity contribution >= 4 is 41.4 Å². The summed E-state index contributed by atoms with van der Waals surface area (Å²) in [7, 11) is 0. The Balaban J connectivity index is 5.46. The number of thioether (sulfide) groups is 1. The lowest BCUT2D eigenvalue weighted by atomic mass is 9.97. The van der Waals surface area contributed by atoms with E-state index in [0.29, 0.717) is 12.2 Å². The van der Waals surface area contributed by atoms with Crippen molar-refractivity contribution in [1.29, 1.82) is 0 Å². The van der Waals surface area contributed by atoms with Crippen LogP contribution in [0.1, 0.15) is 39.5 Å². The molecule has 0 heterocycles. The average Bonchev–Trinajstić information content (AvgIpc) is 2.75. The molecule has 32 heavy (non-hydrogen) atoms. The lowest BCUT2D eigenvalue weighted by molar-refractivity contribution is -0.142. The first-order valence-corrected chi connectivity index (χ1v) is 11.6. The summed E-state index contributed by atoms with van der Waals surface area (Å²) in [5, 5.41) is 25.7. The summed E-state index contributed by atoms with van der Waals surface area (Å²) >= 11 is 1.43. The van der Waals surface area contributed by atoms with Gasteiger partial charge in [0, 0.05) is 6.42 Å². The highest BCUT2D eigenvalue weighted by Gasteiger charge is 2.32. The highest BCUT2D eigenvalue weighted by atomic mass is 32.2. The quantitative estimate of drug-likeness (QED) is 0.129. The number of aliphatic hydroxyl groups is 1. The molecule has 5 atom stereocenters. The van der Waals surface area contributed by atoms with E-state index in [1.807, 2.05) is 13.2 Å². The zero-order valence-electron chi connectivity index (χ0n) is 18.6. The Hall–Kier alpha value is -2.38. The van der Waals surface area contributed by atoms with Crippen molar-refractivity contribution in [2.45, 2.75) is 63.7 Å². The summed E-state index contributed by atoms with van der Waals surface area (Å²) in [6.45, 7) is 2.95. The van der Waals surface area contributed by atoms with Gasteiger partial charge >= 0.3 is 5.97 Å². The molecule has 0 radical (unpaired) electrons. The van der Waals surface area contributed by atoms with Gasteiger partial charge in [-0.1, -0.05) is 20.3 Å². The van der Waals surface area contributed by atoms with Crippen LogP contribution < -0.4 is 27.4 Å². The number of nitrogens with one attached hydrogen (secondary N) is 3. The van der Waals surface area contributed by atoms with Crippen molar-refractivity contribution in [3.05, 3.63) is 0 Å². The van der Waals surface area contributed by atoms with Crippen LogP contribution in [0.25, 0.3) is 0 Å². The number of primary amides is 1. The van der Waals surface area contributed by atoms with Gasteiger partial charge in [0.25, 0.3) is 0 Å². The predicted octanol–water partition coefficient (Wildman–Crippen LogP) is -2.09. The van der Waals surface area contributed by atoms with Crippen LogP contribution in [0.15, 0.2) is 0 Å². The molecule has 9 N–H and O–H groups in total. The smallest absolute Gasteiger partial charge is 0.326 e. The van der Waals surface area contributed by atoms with Gasteiger partial charge in [0.1, 0.15) is 24.2 Å². The fraction of sp³-hybridized carbons (Fsp3) is 0.737. The van der Waals surface area contributed by atoms with Gasteiger partial charge in [-0.15, -0.1) is 0 Å². The highest BCUT2D eigenvalue weighted by Crippen LogP contribution is 2.10. The molecule has 0 rings (SSSR count). The van der Waals surface area contributed by atoms with Crippen molar-refractivity contribution in [2.24, 2.45) is 17.4 Å². The van der Waals surface area contributed by atoms with E-state index >= 15 is 0 Å². The van der Waals surface area contributed by atoms with Crippen LogP contribution in [0, 0.1) is 5.92 Å². The maximum absolute atomic E-state index is 12.9. The Morgan fingerprint density at radius 1 is 0.969 bits per heavy atom. The van der Waals surface area contributed by atoms with Gasteiger partial charge in [-0.25, -0.2) is 4.79 Å². The Labute approximate surface area is 191 Å². The Bertz CT molecular complexity index is 664. The van der Waals surface area contributed by atoms with E-state index in [2.05, 4.69) is 16.0 Å². The fourth-order valence-electron chi connectivity index (χ4n) is 2.63. The van der Waals surface area contributed by atoms with Gasteiger partial charge in [-0.05, 0) is 30.8 Å². The van der Waals surface area contributed by atoms with Crippen LogP contribution in [0.4, 0.5) is 0 Å². The molecule has 0 fully saturated rings. The highest BCUT2D eigenvalue weighted by molar-refractivity contribution is 7.98. The van der Waals surface area contributed by atoms with Gasteiger partial charge < -0.3 is 37.6 Å². The lowest BCUT2D eigenvalue weighted by Gasteiger charge is -2.27. The third-order valence-electron chi connectivity index (χ3n) is 4.86. The molecule has 4 amide bonds. The van der Waals surface area contributed by atoms with Crippen LogP contribution in [-0.4, -0.2) is 82.6 Å². The van der Waals surface area contributed by atoms with Gasteiger partial charge in [-0.2, -0.15) is 11.8 Å². The van der Waals surface area contributed by atoms with Crippen molar-refractivity contribution < 1.29 is 34.2 Å². The van der Waals surface area contributed by atoms with Crippen LogP contribution in [0.5, 0.6) is 0 Å². The molecular formula is C19H35N5O7S. The molecule has 5 unspecified atom stereocenters. The topological polar surface area (TPSA) is 214 Å². The van der Waals surface area contributed by atoms with Crippen molar-refractivity contribution in [2.75, 3.05) is 18.6 Å². The number of hydrogen-bond acceptors (Lipinski definition) is 8. The monoisotopic (exact) mass is 477 g/mol. The number of hydrogen-bond donors (Lipinski definition) is 7. The predicted molar refractivity (Wildman–Crippen MR) is 119 cm³/mol. The minimum atomic E-state index is -1.35. The molecule has 0 spiro atoms. The summed E-state index contributed by atoms with van der Waals surface area (Å²) in [6, 6.07) is -4.64. The maximum atomic E-state index is 12.9. The van der Waals surface area contributed by atoms with Crippen LogP contribution >= 0.6 is 11.8 Å². The average molecular weight is 478 g/mol. The number of carbonyl (C=O) groups excluding carboxylic acids is 4. The molecule has 12 nitrogen and oxygen atoms in total. The molecule has 0 bridgehead atoms. The lowest BCUT2D eigenvalue weighted by Crippen LogP contribution is -2.59. The summed E-state index contributed by atoms with van der Waals surface area (Å²) in [4.78, 5) is 60.1. The van der Waals surface area contributed by atoms with Crippen LogP contribution in [0.3, 0.4) is 0 Å². The van der Waals surface area contributed by atoms with Gasteiger partial charge in [0.15, 0.2) is 0 Å². The van der Waals surface area contributed by atoms with E-state index in [-0.39, 0.29) is 25.2 Å². The van der Waals surface area contributed by atoms with E-state index in [9.17, 15) is 29.1 Å². The molecular weight excluding hydrogens is 442 g/mol. The van der Waals surface area contributed by atoms with Gasteiger partial charge in [0.2, 0.25) is 23.6 Å². The summed E-state index contributed by atoms with van der Waals surface area (Å²) in [5.41, 5.74) is 10.6. The minimum absolute atomic E-state index is 0.190. The molecule has 0 aromatic rings. The SMILES string of the molecule is CCC(C)C(NC(=O)C(N)CO)C(=O)NC(CCSC)C(=O)NC(CCC(N)=O)C(=O)O. The van der Waals surface area contributed by atoms with Crippen molar-refractivity contribution in [3.63, 3.8) is 0 Å². The maximum Gasteiger partial charge on any atom is 0.326 e. The molecule has 0 saturated heterocycles. The van der Waals surface area contributed by atoms with E-state index < -0.39 is 60.4 Å². The van der Waals surface area contributed by atoms with Gasteiger partial charge in [-0.3, -0.25) is 19.2 Å². The van der Waals surface area contributed by atoms with E-state index in [4.69, 9.17) is 16.6 Å². The largest absolute Gasteiger partial charge is 0.480 e. The first kappa shape index (κ1) is 29.6. The molecule has 0 saturated carbocycles. The number of carboxylic acids is 1. The number of aliphatic carboxylic acids is 1. The van der Waals surface area contributed by atoms with Crippen LogP contribution in [0.2, 0.25) is 0 Å². The Kier molecular flexibility index (Phi) is 14.3. The molecule has 0 aromatic heterocycles. The summed E-state index contributed by atoms with van der Waals surface area (Å²) in [5.74, 6) is -3.93. The fourth-order valence-corrected chi connectivity index (χ4v) is 3.10. The molecule has 0 aliphatic heterocycles. The number of amides is 4. The summed E-state index contributed by atoms with van der Waals surface area (Å²) in [6.07, 6.45) is 2.12. The normalized spacial score (nSPS) is 15.5. The Morgan fingerprint density at radius 3 is 2.03 bits per heavy atom. The zero-order chi connectivity index (χ0) is 24.8. The number of aliphatic hydroxyl groups excluding tert-OH is 1. The van der Waals surface area contributed by atoms with Gasteiger partial charge in [0.05, 0.1) is 6.61 Å². The third kappa shape index (κ3) is 10.8. The number of nitrogens with two attached hydrogens (primary N) is 2. The Morgan fingerprint density at radius 2 is 1.56 bits per heavy atom. The second kappa shape index (κ2) is 15.4. The molecule has 0 aromatic carbocycles.